The molecule has 1 aliphatic rings. The Bertz CT molecular complexity index is 266. The van der Waals surface area contributed by atoms with Gasteiger partial charge in [-0.3, -0.25) is 4.79 Å². The zero-order valence-corrected chi connectivity index (χ0v) is 18.4. The zero-order chi connectivity index (χ0) is 19.1. The highest BCUT2D eigenvalue weighted by molar-refractivity contribution is 7.99. The third kappa shape index (κ3) is 23.8. The quantitative estimate of drug-likeness (QED) is 0.271. The highest BCUT2D eigenvalue weighted by Gasteiger charge is 1.97. The van der Waals surface area contributed by atoms with E-state index in [2.05, 4.69) is 18.7 Å². The second-order valence-electron chi connectivity index (χ2n) is 7.77. The summed E-state index contributed by atoms with van der Waals surface area (Å²) in [6, 6.07) is 0. The van der Waals surface area contributed by atoms with Gasteiger partial charge < -0.3 is 5.11 Å². The van der Waals surface area contributed by atoms with Crippen LogP contribution in [0.25, 0.3) is 0 Å². The molecule has 0 unspecified atom stereocenters. The lowest BCUT2D eigenvalue weighted by molar-refractivity contribution is -0.137. The first-order valence-electron chi connectivity index (χ1n) is 11.6. The van der Waals surface area contributed by atoms with E-state index in [1.54, 1.807) is 0 Å². The van der Waals surface area contributed by atoms with Crippen molar-refractivity contribution in [2.75, 3.05) is 11.5 Å². The van der Waals surface area contributed by atoms with Crippen molar-refractivity contribution in [2.24, 2.45) is 0 Å². The maximum Gasteiger partial charge on any atom is 0.303 e. The Morgan fingerprint density at radius 3 is 1.31 bits per heavy atom. The van der Waals surface area contributed by atoms with Crippen LogP contribution < -0.4 is 0 Å². The largest absolute Gasteiger partial charge is 0.481 e. The van der Waals surface area contributed by atoms with Gasteiger partial charge in [0.2, 0.25) is 0 Å². The minimum Gasteiger partial charge on any atom is -0.481 e. The van der Waals surface area contributed by atoms with Crippen molar-refractivity contribution in [1.29, 1.82) is 0 Å². The van der Waals surface area contributed by atoms with Crippen molar-refractivity contribution in [3.05, 3.63) is 0 Å². The van der Waals surface area contributed by atoms with Crippen LogP contribution in [0, 0.1) is 0 Å². The molecule has 0 radical (unpaired) electrons. The molecule has 156 valence electrons. The van der Waals surface area contributed by atoms with E-state index in [9.17, 15) is 4.79 Å². The summed E-state index contributed by atoms with van der Waals surface area (Å²) in [5, 5.41) is 8.52. The maximum absolute atomic E-state index is 10.3. The Labute approximate surface area is 168 Å². The first-order valence-corrected chi connectivity index (χ1v) is 12.7. The average Bonchev–Trinajstić information content (AvgIpc) is 2.66. The Morgan fingerprint density at radius 1 is 0.654 bits per heavy atom. The smallest absolute Gasteiger partial charge is 0.303 e. The molecule has 26 heavy (non-hydrogen) atoms. The number of unbranched alkanes of at least 4 members (excludes halogenated alkanes) is 14. The Morgan fingerprint density at radius 2 is 1.04 bits per heavy atom. The summed E-state index contributed by atoms with van der Waals surface area (Å²) in [5.41, 5.74) is 0. The first-order chi connectivity index (χ1) is 12.8. The molecule has 0 amide bonds. The van der Waals surface area contributed by atoms with Gasteiger partial charge in [-0.05, 0) is 30.8 Å². The molecule has 1 N–H and O–H groups in total. The van der Waals surface area contributed by atoms with Crippen molar-refractivity contribution < 1.29 is 9.90 Å². The van der Waals surface area contributed by atoms with Crippen LogP contribution in [0.1, 0.15) is 129 Å². The molecule has 0 saturated carbocycles. The summed E-state index contributed by atoms with van der Waals surface area (Å²) < 4.78 is 0. The highest BCUT2D eigenvalue weighted by Crippen LogP contribution is 2.15. The van der Waals surface area contributed by atoms with E-state index >= 15 is 0 Å². The van der Waals surface area contributed by atoms with E-state index in [0.29, 0.717) is 6.42 Å². The molecule has 0 spiro atoms. The van der Waals surface area contributed by atoms with Gasteiger partial charge in [0.05, 0.1) is 0 Å². The van der Waals surface area contributed by atoms with Gasteiger partial charge in [0.1, 0.15) is 0 Å². The summed E-state index contributed by atoms with van der Waals surface area (Å²) in [5.74, 6) is 2.18. The van der Waals surface area contributed by atoms with Gasteiger partial charge in [0.15, 0.2) is 0 Å². The number of thioether (sulfide) groups is 1. The number of carboxylic acid groups (broad SMARTS) is 1. The second kappa shape index (κ2) is 22.9. The molecule has 0 atom stereocenters. The van der Waals surface area contributed by atoms with Gasteiger partial charge in [-0.1, -0.05) is 103 Å². The lowest BCUT2D eigenvalue weighted by atomic mass is 10.0. The summed E-state index contributed by atoms with van der Waals surface area (Å²) in [6.07, 6.45) is 24.6. The molecular formula is C23H46O2S. The van der Waals surface area contributed by atoms with Crippen LogP contribution in [0.15, 0.2) is 0 Å². The molecule has 0 bridgehead atoms. The van der Waals surface area contributed by atoms with Gasteiger partial charge in [-0.2, -0.15) is 11.8 Å². The summed E-state index contributed by atoms with van der Waals surface area (Å²) in [7, 11) is 0. The van der Waals surface area contributed by atoms with Crippen LogP contribution in [-0.4, -0.2) is 22.6 Å². The van der Waals surface area contributed by atoms with Gasteiger partial charge >= 0.3 is 5.97 Å². The number of aliphatic carboxylic acids is 1. The standard InChI is InChI=1S/C18H36O2.C5H10S/c1-2-3-4-5-6-7-8-9-10-11-12-13-14-15-16-17-18(19)20;1-2-4-6-5-3-1/h2-17H2,1H3,(H,19,20);1-5H2. The molecule has 0 aromatic carbocycles. The average molecular weight is 387 g/mol. The third-order valence-corrected chi connectivity index (χ3v) is 6.23. The Balaban J connectivity index is 0.000000867. The summed E-state index contributed by atoms with van der Waals surface area (Å²) >= 11 is 2.09. The van der Waals surface area contributed by atoms with Crippen LogP contribution in [0.3, 0.4) is 0 Å². The van der Waals surface area contributed by atoms with E-state index in [1.807, 2.05) is 0 Å². The van der Waals surface area contributed by atoms with Crippen molar-refractivity contribution in [3.8, 4) is 0 Å². The van der Waals surface area contributed by atoms with Crippen LogP contribution in [0.2, 0.25) is 0 Å². The molecule has 1 fully saturated rings. The second-order valence-corrected chi connectivity index (χ2v) is 8.99. The molecule has 2 nitrogen and oxygen atoms in total. The number of hydrogen-bond donors (Lipinski definition) is 1. The SMILES string of the molecule is C1CCSCC1.CCCCCCCCCCCCCCCCCC(=O)O. The van der Waals surface area contributed by atoms with Crippen LogP contribution in [-0.2, 0) is 4.79 Å². The molecular weight excluding hydrogens is 340 g/mol. The van der Waals surface area contributed by atoms with Crippen molar-refractivity contribution in [3.63, 3.8) is 0 Å². The fourth-order valence-corrected chi connectivity index (χ4v) is 4.36. The Hall–Kier alpha value is -0.180. The summed E-state index contributed by atoms with van der Waals surface area (Å²) in [6.45, 7) is 2.27. The number of carbonyl (C=O) groups is 1. The number of carboxylic acids is 1. The first kappa shape index (κ1) is 25.8. The fraction of sp³-hybridized carbons (Fsp3) is 0.957. The van der Waals surface area contributed by atoms with Crippen molar-refractivity contribution in [1.82, 2.24) is 0 Å². The van der Waals surface area contributed by atoms with Gasteiger partial charge in [-0.25, -0.2) is 0 Å². The maximum atomic E-state index is 10.3. The minimum atomic E-state index is -0.653. The van der Waals surface area contributed by atoms with Crippen molar-refractivity contribution in [2.45, 2.75) is 129 Å². The topological polar surface area (TPSA) is 37.3 Å². The molecule has 0 aromatic rings. The van der Waals surface area contributed by atoms with Crippen LogP contribution in [0.5, 0.6) is 0 Å². The van der Waals surface area contributed by atoms with E-state index in [-0.39, 0.29) is 0 Å². The molecule has 1 rings (SSSR count). The highest BCUT2D eigenvalue weighted by atomic mass is 32.2. The van der Waals surface area contributed by atoms with E-state index in [1.165, 1.54) is 114 Å². The zero-order valence-electron chi connectivity index (χ0n) is 17.6. The molecule has 1 aliphatic heterocycles. The molecule has 1 heterocycles. The predicted molar refractivity (Wildman–Crippen MR) is 118 cm³/mol. The van der Waals surface area contributed by atoms with Crippen LogP contribution in [0.4, 0.5) is 0 Å². The van der Waals surface area contributed by atoms with Gasteiger partial charge in [0.25, 0.3) is 0 Å². The lowest BCUT2D eigenvalue weighted by Crippen LogP contribution is -1.93. The normalized spacial score (nSPS) is 13.9. The van der Waals surface area contributed by atoms with Gasteiger partial charge in [0, 0.05) is 6.42 Å². The summed E-state index contributed by atoms with van der Waals surface area (Å²) in [4.78, 5) is 10.3. The molecule has 1 saturated heterocycles. The molecule has 0 aromatic heterocycles. The molecule has 3 heteroatoms. The number of rotatable bonds is 16. The number of hydrogen-bond acceptors (Lipinski definition) is 2. The third-order valence-electron chi connectivity index (χ3n) is 5.07. The Kier molecular flexibility index (Phi) is 22.7. The monoisotopic (exact) mass is 386 g/mol. The van der Waals surface area contributed by atoms with E-state index in [4.69, 9.17) is 5.11 Å². The van der Waals surface area contributed by atoms with Gasteiger partial charge in [-0.15, -0.1) is 0 Å². The lowest BCUT2D eigenvalue weighted by Gasteiger charge is -2.05. The van der Waals surface area contributed by atoms with E-state index < -0.39 is 5.97 Å². The molecule has 0 aliphatic carbocycles. The predicted octanol–water partition coefficient (Wildman–Crippen LogP) is 8.24. The van der Waals surface area contributed by atoms with E-state index in [0.717, 1.165) is 12.8 Å². The fourth-order valence-electron chi connectivity index (χ4n) is 3.33. The van der Waals surface area contributed by atoms with Crippen molar-refractivity contribution >= 4 is 17.7 Å². The van der Waals surface area contributed by atoms with Crippen LogP contribution >= 0.6 is 11.8 Å². The minimum absolute atomic E-state index is 0.345.